The average Bonchev–Trinajstić information content (AvgIpc) is 3.43. The Hall–Kier alpha value is -3.26. The molecule has 2 amide bonds. The number of benzene rings is 2. The number of ether oxygens (including phenoxy) is 1. The summed E-state index contributed by atoms with van der Waals surface area (Å²) >= 11 is 1.65. The number of imidazole rings is 1. The zero-order chi connectivity index (χ0) is 22.7. The van der Waals surface area contributed by atoms with Crippen molar-refractivity contribution in [3.8, 4) is 5.75 Å². The molecule has 32 heavy (non-hydrogen) atoms. The number of methoxy groups -OCH3 is 1. The van der Waals surface area contributed by atoms with Crippen LogP contribution in [0.15, 0.2) is 65.8 Å². The zero-order valence-electron chi connectivity index (χ0n) is 18.3. The molecule has 2 atom stereocenters. The molecule has 8 heteroatoms. The first-order valence-electron chi connectivity index (χ1n) is 10.4. The Morgan fingerprint density at radius 1 is 1.19 bits per heavy atom. The standard InChI is InChI=1S/C24H26N4O3S/c1-27-13-12-25-23(27)22(16-4-8-19(31-2)9-5-16)26-24(30)17-14-21(29)28(15-17)18-6-10-20(32-3)11-7-18/h4-13,17,22H,14-15H2,1-3H3,(H,26,30)/t17-,22-/m0/s1. The van der Waals surface area contributed by atoms with Crippen LogP contribution in [0.4, 0.5) is 5.69 Å². The highest BCUT2D eigenvalue weighted by Gasteiger charge is 2.36. The molecule has 3 aromatic rings. The van der Waals surface area contributed by atoms with Crippen LogP contribution in [-0.4, -0.2) is 41.3 Å². The fraction of sp³-hybridized carbons (Fsp3) is 0.292. The molecule has 0 aliphatic carbocycles. The number of hydrogen-bond donors (Lipinski definition) is 1. The number of aromatic nitrogens is 2. The first-order chi connectivity index (χ1) is 15.5. The van der Waals surface area contributed by atoms with Crippen LogP contribution in [0.25, 0.3) is 0 Å². The monoisotopic (exact) mass is 450 g/mol. The molecule has 2 heterocycles. The van der Waals surface area contributed by atoms with E-state index in [-0.39, 0.29) is 18.2 Å². The topological polar surface area (TPSA) is 76.5 Å². The van der Waals surface area contributed by atoms with Crippen molar-refractivity contribution in [1.82, 2.24) is 14.9 Å². The number of hydrogen-bond acceptors (Lipinski definition) is 5. The molecule has 0 bridgehead atoms. The average molecular weight is 451 g/mol. The van der Waals surface area contributed by atoms with E-state index in [2.05, 4.69) is 10.3 Å². The van der Waals surface area contributed by atoms with Gasteiger partial charge in [-0.2, -0.15) is 0 Å². The highest BCUT2D eigenvalue weighted by atomic mass is 32.2. The van der Waals surface area contributed by atoms with Gasteiger partial charge in [0.2, 0.25) is 11.8 Å². The summed E-state index contributed by atoms with van der Waals surface area (Å²) in [7, 11) is 3.51. The fourth-order valence-electron chi connectivity index (χ4n) is 3.90. The number of nitrogens with zero attached hydrogens (tertiary/aromatic N) is 3. The molecule has 4 rings (SSSR count). The van der Waals surface area contributed by atoms with Gasteiger partial charge in [0.15, 0.2) is 0 Å². The second kappa shape index (κ2) is 9.48. The number of rotatable bonds is 7. The summed E-state index contributed by atoms with van der Waals surface area (Å²) in [5.74, 6) is 0.828. The summed E-state index contributed by atoms with van der Waals surface area (Å²) in [5.41, 5.74) is 1.71. The Labute approximate surface area is 191 Å². The molecule has 166 valence electrons. The Morgan fingerprint density at radius 2 is 1.91 bits per heavy atom. The van der Waals surface area contributed by atoms with Crippen LogP contribution in [-0.2, 0) is 16.6 Å². The smallest absolute Gasteiger partial charge is 0.227 e. The third-order valence-electron chi connectivity index (χ3n) is 5.73. The predicted molar refractivity (Wildman–Crippen MR) is 125 cm³/mol. The van der Waals surface area contributed by atoms with Gasteiger partial charge in [0.1, 0.15) is 17.6 Å². The van der Waals surface area contributed by atoms with E-state index in [1.165, 1.54) is 0 Å². The minimum absolute atomic E-state index is 0.0416. The van der Waals surface area contributed by atoms with E-state index >= 15 is 0 Å². The van der Waals surface area contributed by atoms with Gasteiger partial charge in [0.25, 0.3) is 0 Å². The van der Waals surface area contributed by atoms with Gasteiger partial charge in [-0.3, -0.25) is 9.59 Å². The molecule has 2 aromatic carbocycles. The Kier molecular flexibility index (Phi) is 6.50. The third-order valence-corrected chi connectivity index (χ3v) is 6.48. The summed E-state index contributed by atoms with van der Waals surface area (Å²) in [6.45, 7) is 0.360. The number of aryl methyl sites for hydroxylation is 1. The molecule has 1 aliphatic rings. The van der Waals surface area contributed by atoms with Crippen LogP contribution in [0.2, 0.25) is 0 Å². The lowest BCUT2D eigenvalue weighted by molar-refractivity contribution is -0.126. The number of anilines is 1. The lowest BCUT2D eigenvalue weighted by Gasteiger charge is -2.22. The molecular weight excluding hydrogens is 424 g/mol. The first-order valence-corrected chi connectivity index (χ1v) is 11.6. The highest BCUT2D eigenvalue weighted by Crippen LogP contribution is 2.29. The number of carbonyl (C=O) groups is 2. The normalized spacial score (nSPS) is 16.8. The summed E-state index contributed by atoms with van der Waals surface area (Å²) in [6.07, 6.45) is 5.75. The molecule has 0 saturated carbocycles. The SMILES string of the molecule is COc1ccc([C@H](NC(=O)[C@H]2CC(=O)N(c3ccc(SC)cc3)C2)c2nccn2C)cc1. The predicted octanol–water partition coefficient (Wildman–Crippen LogP) is 3.41. The lowest BCUT2D eigenvalue weighted by atomic mass is 10.0. The van der Waals surface area contributed by atoms with Crippen molar-refractivity contribution >= 4 is 29.3 Å². The van der Waals surface area contributed by atoms with E-state index in [1.807, 2.05) is 72.6 Å². The van der Waals surface area contributed by atoms with Crippen molar-refractivity contribution < 1.29 is 14.3 Å². The molecule has 0 radical (unpaired) electrons. The molecular formula is C24H26N4O3S. The van der Waals surface area contributed by atoms with E-state index in [0.29, 0.717) is 6.54 Å². The van der Waals surface area contributed by atoms with E-state index in [1.54, 1.807) is 30.0 Å². The van der Waals surface area contributed by atoms with Gasteiger partial charge in [-0.05, 0) is 48.2 Å². The number of thioether (sulfide) groups is 1. The van der Waals surface area contributed by atoms with E-state index in [0.717, 1.165) is 27.7 Å². The fourth-order valence-corrected chi connectivity index (χ4v) is 4.31. The van der Waals surface area contributed by atoms with Crippen LogP contribution in [0.5, 0.6) is 5.75 Å². The van der Waals surface area contributed by atoms with Crippen molar-refractivity contribution in [2.24, 2.45) is 13.0 Å². The van der Waals surface area contributed by atoms with E-state index in [9.17, 15) is 9.59 Å². The molecule has 1 N–H and O–H groups in total. The van der Waals surface area contributed by atoms with Crippen LogP contribution < -0.4 is 15.0 Å². The Morgan fingerprint density at radius 3 is 2.50 bits per heavy atom. The second-order valence-electron chi connectivity index (χ2n) is 7.71. The highest BCUT2D eigenvalue weighted by molar-refractivity contribution is 7.98. The Balaban J connectivity index is 1.53. The molecule has 1 aliphatic heterocycles. The Bertz CT molecular complexity index is 1100. The van der Waals surface area contributed by atoms with E-state index < -0.39 is 12.0 Å². The first kappa shape index (κ1) is 22.0. The van der Waals surface area contributed by atoms with Crippen molar-refractivity contribution in [3.05, 3.63) is 72.3 Å². The quantitative estimate of drug-likeness (QED) is 0.559. The largest absolute Gasteiger partial charge is 0.497 e. The second-order valence-corrected chi connectivity index (χ2v) is 8.59. The lowest BCUT2D eigenvalue weighted by Crippen LogP contribution is -2.37. The number of nitrogens with one attached hydrogen (secondary N) is 1. The number of carbonyl (C=O) groups excluding carboxylic acids is 2. The van der Waals surface area contributed by atoms with Gasteiger partial charge < -0.3 is 19.5 Å². The molecule has 0 spiro atoms. The van der Waals surface area contributed by atoms with Gasteiger partial charge in [0.05, 0.1) is 13.0 Å². The maximum atomic E-state index is 13.2. The molecule has 7 nitrogen and oxygen atoms in total. The summed E-state index contributed by atoms with van der Waals surface area (Å²) in [6, 6.07) is 14.9. The van der Waals surface area contributed by atoms with Crippen LogP contribution in [0.1, 0.15) is 23.9 Å². The molecule has 1 aromatic heterocycles. The zero-order valence-corrected chi connectivity index (χ0v) is 19.1. The van der Waals surface area contributed by atoms with Crippen molar-refractivity contribution in [2.75, 3.05) is 24.8 Å². The molecule has 0 unspecified atom stereocenters. The van der Waals surface area contributed by atoms with Crippen molar-refractivity contribution in [1.29, 1.82) is 0 Å². The van der Waals surface area contributed by atoms with Crippen molar-refractivity contribution in [3.63, 3.8) is 0 Å². The van der Waals surface area contributed by atoms with Crippen molar-refractivity contribution in [2.45, 2.75) is 17.4 Å². The molecule has 1 fully saturated rings. The van der Waals surface area contributed by atoms with Crippen LogP contribution in [0, 0.1) is 5.92 Å². The van der Waals surface area contributed by atoms with Gasteiger partial charge in [0, 0.05) is 43.0 Å². The maximum Gasteiger partial charge on any atom is 0.227 e. The minimum Gasteiger partial charge on any atom is -0.497 e. The van der Waals surface area contributed by atoms with Crippen LogP contribution >= 0.6 is 11.8 Å². The van der Waals surface area contributed by atoms with Crippen LogP contribution in [0.3, 0.4) is 0 Å². The molecule has 1 saturated heterocycles. The number of amides is 2. The minimum atomic E-state index is -0.432. The summed E-state index contributed by atoms with van der Waals surface area (Å²) in [5, 5.41) is 3.12. The third kappa shape index (κ3) is 4.50. The summed E-state index contributed by atoms with van der Waals surface area (Å²) < 4.78 is 7.14. The van der Waals surface area contributed by atoms with E-state index in [4.69, 9.17) is 4.74 Å². The van der Waals surface area contributed by atoms with Gasteiger partial charge in [-0.15, -0.1) is 11.8 Å². The van der Waals surface area contributed by atoms with Gasteiger partial charge in [-0.1, -0.05) is 12.1 Å². The van der Waals surface area contributed by atoms with Gasteiger partial charge >= 0.3 is 0 Å². The summed E-state index contributed by atoms with van der Waals surface area (Å²) in [4.78, 5) is 33.2. The van der Waals surface area contributed by atoms with Gasteiger partial charge in [-0.25, -0.2) is 4.98 Å². The maximum absolute atomic E-state index is 13.2.